The van der Waals surface area contributed by atoms with Crippen LogP contribution in [0, 0.1) is 13.8 Å². The number of carboxylic acid groups (broad SMARTS) is 3. The fourth-order valence-corrected chi connectivity index (χ4v) is 3.07. The number of aliphatic carboxylic acids is 3. The highest BCUT2D eigenvalue weighted by atomic mass is 16.4. The largest absolute Gasteiger partial charge is 0.481 e. The number of rotatable bonds is 6. The summed E-state index contributed by atoms with van der Waals surface area (Å²) in [6.45, 7) is 5.46. The lowest BCUT2D eigenvalue weighted by atomic mass is 9.96. The van der Waals surface area contributed by atoms with Crippen LogP contribution in [-0.4, -0.2) is 67.4 Å². The fourth-order valence-electron chi connectivity index (χ4n) is 3.07. The summed E-state index contributed by atoms with van der Waals surface area (Å²) in [5.41, 5.74) is 1.18. The van der Waals surface area contributed by atoms with Gasteiger partial charge in [0.25, 0.3) is 0 Å². The summed E-state index contributed by atoms with van der Waals surface area (Å²) in [6, 6.07) is 2.78. The maximum Gasteiger partial charge on any atom is 0.336 e. The van der Waals surface area contributed by atoms with Crippen molar-refractivity contribution in [3.8, 4) is 0 Å². The lowest BCUT2D eigenvalue weighted by Crippen LogP contribution is -2.42. The summed E-state index contributed by atoms with van der Waals surface area (Å²) in [6.07, 6.45) is 2.36. The first-order valence-corrected chi connectivity index (χ1v) is 8.49. The Balaban J connectivity index is 0.000000271. The van der Waals surface area contributed by atoms with Crippen LogP contribution >= 0.6 is 0 Å². The van der Waals surface area contributed by atoms with Gasteiger partial charge in [-0.25, -0.2) is 4.79 Å². The van der Waals surface area contributed by atoms with Crippen LogP contribution in [0.4, 0.5) is 0 Å². The molecular formula is C18H26N2O7. The molecule has 4 N–H and O–H groups in total. The second-order valence-electron chi connectivity index (χ2n) is 6.80. The van der Waals surface area contributed by atoms with Gasteiger partial charge >= 0.3 is 17.9 Å². The number of aliphatic hydroxyl groups is 1. The third-order valence-electron chi connectivity index (χ3n) is 4.45. The summed E-state index contributed by atoms with van der Waals surface area (Å²) in [4.78, 5) is 37.3. The van der Waals surface area contributed by atoms with E-state index in [1.807, 2.05) is 0 Å². The number of hydrogen-bond donors (Lipinski definition) is 4. The van der Waals surface area contributed by atoms with Crippen LogP contribution in [-0.2, 0) is 14.4 Å². The molecule has 2 rings (SSSR count). The van der Waals surface area contributed by atoms with Gasteiger partial charge < -0.3 is 20.4 Å². The van der Waals surface area contributed by atoms with E-state index in [9.17, 15) is 14.4 Å². The molecule has 0 unspecified atom stereocenters. The number of nitrogens with zero attached hydrogens (tertiary/aromatic N) is 2. The van der Waals surface area contributed by atoms with Crippen molar-refractivity contribution in [2.45, 2.75) is 51.2 Å². The van der Waals surface area contributed by atoms with Crippen molar-refractivity contribution in [2.24, 2.45) is 0 Å². The minimum atomic E-state index is -2.74. The quantitative estimate of drug-likeness (QED) is 0.569. The molecular weight excluding hydrogens is 356 g/mol. The maximum atomic E-state index is 10.3. The molecule has 1 aliphatic heterocycles. The van der Waals surface area contributed by atoms with Gasteiger partial charge in [0.15, 0.2) is 5.60 Å². The van der Waals surface area contributed by atoms with E-state index in [1.54, 1.807) is 0 Å². The molecule has 0 spiro atoms. The zero-order valence-electron chi connectivity index (χ0n) is 15.7. The van der Waals surface area contributed by atoms with Crippen molar-refractivity contribution in [3.63, 3.8) is 0 Å². The van der Waals surface area contributed by atoms with Crippen molar-refractivity contribution < 1.29 is 34.8 Å². The molecule has 0 aliphatic carbocycles. The summed E-state index contributed by atoms with van der Waals surface area (Å²) >= 11 is 0. The van der Waals surface area contributed by atoms with E-state index in [-0.39, 0.29) is 0 Å². The van der Waals surface area contributed by atoms with Crippen molar-refractivity contribution in [1.29, 1.82) is 0 Å². The van der Waals surface area contributed by atoms with E-state index >= 15 is 0 Å². The first-order valence-electron chi connectivity index (χ1n) is 8.49. The van der Waals surface area contributed by atoms with Gasteiger partial charge in [0.1, 0.15) is 0 Å². The first-order chi connectivity index (χ1) is 12.5. The lowest BCUT2D eigenvalue weighted by Gasteiger charge is -2.21. The molecule has 0 amide bonds. The second kappa shape index (κ2) is 9.43. The third kappa shape index (κ3) is 6.61. The minimum Gasteiger partial charge on any atom is -0.481 e. The lowest BCUT2D eigenvalue weighted by molar-refractivity contribution is -0.170. The van der Waals surface area contributed by atoms with E-state index in [4.69, 9.17) is 20.4 Å². The molecule has 9 nitrogen and oxygen atoms in total. The Bertz CT molecular complexity index is 689. The van der Waals surface area contributed by atoms with E-state index in [0.29, 0.717) is 6.04 Å². The fraction of sp³-hybridized carbons (Fsp3) is 0.556. The Labute approximate surface area is 157 Å². The SMILES string of the molecule is Cc1cc(C)c([C@@H]2CCCN2C)cn1.O=C(O)CC(O)(CC(=O)O)C(=O)O. The molecule has 1 aromatic rings. The van der Waals surface area contributed by atoms with Gasteiger partial charge in [0.2, 0.25) is 0 Å². The summed E-state index contributed by atoms with van der Waals surface area (Å²) in [5, 5.41) is 33.8. The Morgan fingerprint density at radius 2 is 1.74 bits per heavy atom. The van der Waals surface area contributed by atoms with Crippen LogP contribution in [0.25, 0.3) is 0 Å². The number of likely N-dealkylation sites (tertiary alicyclic amines) is 1. The Morgan fingerprint density at radius 1 is 1.19 bits per heavy atom. The predicted molar refractivity (Wildman–Crippen MR) is 95.4 cm³/mol. The third-order valence-corrected chi connectivity index (χ3v) is 4.45. The van der Waals surface area contributed by atoms with Crippen molar-refractivity contribution in [2.75, 3.05) is 13.6 Å². The average molecular weight is 382 g/mol. The number of aromatic nitrogens is 1. The standard InChI is InChI=1S/C12H18N2.C6H8O7/c1-9-7-10(2)13-8-11(9)12-5-4-6-14(12)3;7-3(8)1-6(13,5(11)12)2-4(9)10/h7-8,12H,4-6H2,1-3H3;13H,1-2H2,(H,7,8)(H,9,10)(H,11,12)/t12-;/m0./s1. The highest BCUT2D eigenvalue weighted by Gasteiger charge is 2.40. The molecule has 1 saturated heterocycles. The van der Waals surface area contributed by atoms with Gasteiger partial charge in [0, 0.05) is 17.9 Å². The minimum absolute atomic E-state index is 0.600. The number of aryl methyl sites for hydroxylation is 2. The van der Waals surface area contributed by atoms with Gasteiger partial charge in [-0.15, -0.1) is 0 Å². The normalized spacial score (nSPS) is 17.1. The van der Waals surface area contributed by atoms with E-state index < -0.39 is 36.4 Å². The Morgan fingerprint density at radius 3 is 2.11 bits per heavy atom. The first kappa shape index (κ1) is 22.5. The molecule has 1 aliphatic rings. The van der Waals surface area contributed by atoms with E-state index in [2.05, 4.69) is 43.0 Å². The van der Waals surface area contributed by atoms with Gasteiger partial charge in [0.05, 0.1) is 12.8 Å². The molecule has 1 atom stereocenters. The molecule has 27 heavy (non-hydrogen) atoms. The van der Waals surface area contributed by atoms with Crippen molar-refractivity contribution in [3.05, 3.63) is 29.1 Å². The summed E-state index contributed by atoms with van der Waals surface area (Å²) < 4.78 is 0. The molecule has 0 aromatic carbocycles. The number of hydrogen-bond acceptors (Lipinski definition) is 6. The van der Waals surface area contributed by atoms with Crippen LogP contribution < -0.4 is 0 Å². The molecule has 1 fully saturated rings. The molecule has 9 heteroatoms. The zero-order chi connectivity index (χ0) is 20.8. The van der Waals surface area contributed by atoms with Gasteiger partial charge in [-0.05, 0) is 57.5 Å². The Hall–Kier alpha value is -2.52. The van der Waals surface area contributed by atoms with Gasteiger partial charge in [-0.2, -0.15) is 0 Å². The maximum absolute atomic E-state index is 10.3. The number of pyridine rings is 1. The monoisotopic (exact) mass is 382 g/mol. The molecule has 2 heterocycles. The topological polar surface area (TPSA) is 148 Å². The Kier molecular flexibility index (Phi) is 7.86. The molecule has 1 aromatic heterocycles. The van der Waals surface area contributed by atoms with Crippen LogP contribution in [0.2, 0.25) is 0 Å². The van der Waals surface area contributed by atoms with Crippen LogP contribution in [0.3, 0.4) is 0 Å². The zero-order valence-corrected chi connectivity index (χ0v) is 15.7. The van der Waals surface area contributed by atoms with Gasteiger partial charge in [-0.3, -0.25) is 19.5 Å². The predicted octanol–water partition coefficient (Wildman–Crippen LogP) is 1.22. The molecule has 0 bridgehead atoms. The smallest absolute Gasteiger partial charge is 0.336 e. The summed E-state index contributed by atoms with van der Waals surface area (Å²) in [5.74, 6) is -5.02. The number of carboxylic acids is 3. The number of carbonyl (C=O) groups is 3. The molecule has 150 valence electrons. The van der Waals surface area contributed by atoms with Crippen molar-refractivity contribution >= 4 is 17.9 Å². The average Bonchev–Trinajstić information content (AvgIpc) is 2.92. The van der Waals surface area contributed by atoms with Crippen LogP contribution in [0.5, 0.6) is 0 Å². The second-order valence-corrected chi connectivity index (χ2v) is 6.80. The van der Waals surface area contributed by atoms with Crippen molar-refractivity contribution in [1.82, 2.24) is 9.88 Å². The van der Waals surface area contributed by atoms with E-state index in [0.717, 1.165) is 5.69 Å². The van der Waals surface area contributed by atoms with Crippen LogP contribution in [0.15, 0.2) is 12.3 Å². The highest BCUT2D eigenvalue weighted by molar-refractivity contribution is 5.88. The van der Waals surface area contributed by atoms with E-state index in [1.165, 1.54) is 30.5 Å². The molecule has 0 saturated carbocycles. The summed E-state index contributed by atoms with van der Waals surface area (Å²) in [7, 11) is 2.21. The highest BCUT2D eigenvalue weighted by Crippen LogP contribution is 2.31. The van der Waals surface area contributed by atoms with Crippen LogP contribution in [0.1, 0.15) is 48.5 Å². The van der Waals surface area contributed by atoms with Gasteiger partial charge in [-0.1, -0.05) is 0 Å². The molecule has 0 radical (unpaired) electrons.